The van der Waals surface area contributed by atoms with E-state index in [1.54, 1.807) is 0 Å². The van der Waals surface area contributed by atoms with Crippen LogP contribution >= 0.6 is 11.6 Å². The lowest BCUT2D eigenvalue weighted by atomic mass is 10.0. The molecular formula is C16H20ClNO3. The molecule has 4 nitrogen and oxygen atoms in total. The van der Waals surface area contributed by atoms with Crippen molar-refractivity contribution in [2.75, 3.05) is 7.11 Å². The van der Waals surface area contributed by atoms with Crippen molar-refractivity contribution in [3.63, 3.8) is 0 Å². The number of benzene rings is 1. The molecule has 0 spiro atoms. The summed E-state index contributed by atoms with van der Waals surface area (Å²) in [4.78, 5) is 23.7. The maximum Gasteiger partial charge on any atom is 0.310 e. The van der Waals surface area contributed by atoms with E-state index in [4.69, 9.17) is 16.3 Å². The predicted octanol–water partition coefficient (Wildman–Crippen LogP) is 2.73. The number of esters is 1. The molecule has 1 aromatic rings. The topological polar surface area (TPSA) is 55.4 Å². The third-order valence-electron chi connectivity index (χ3n) is 3.95. The number of carbonyl (C=O) groups excluding carboxylic acids is 2. The van der Waals surface area contributed by atoms with Crippen LogP contribution < -0.4 is 5.32 Å². The molecule has 0 aromatic heterocycles. The van der Waals surface area contributed by atoms with Gasteiger partial charge in [0.05, 0.1) is 13.0 Å². The van der Waals surface area contributed by atoms with Crippen molar-refractivity contribution in [1.82, 2.24) is 5.32 Å². The molecule has 0 heterocycles. The molecule has 0 radical (unpaired) electrons. The van der Waals surface area contributed by atoms with E-state index in [9.17, 15) is 9.59 Å². The lowest BCUT2D eigenvalue weighted by molar-refractivity contribution is -0.146. The van der Waals surface area contributed by atoms with E-state index in [1.807, 2.05) is 24.3 Å². The fourth-order valence-electron chi connectivity index (χ4n) is 2.79. The van der Waals surface area contributed by atoms with Crippen LogP contribution in [-0.2, 0) is 20.7 Å². The third-order valence-corrected chi connectivity index (χ3v) is 4.31. The van der Waals surface area contributed by atoms with Crippen LogP contribution in [0.4, 0.5) is 0 Å². The molecule has 21 heavy (non-hydrogen) atoms. The highest BCUT2D eigenvalue weighted by Crippen LogP contribution is 2.27. The summed E-state index contributed by atoms with van der Waals surface area (Å²) < 4.78 is 4.78. The van der Waals surface area contributed by atoms with E-state index in [-0.39, 0.29) is 23.8 Å². The molecule has 2 rings (SSSR count). The number of nitrogens with one attached hydrogen (secondary N) is 1. The molecule has 114 valence electrons. The van der Waals surface area contributed by atoms with Gasteiger partial charge in [-0.05, 0) is 30.9 Å². The quantitative estimate of drug-likeness (QED) is 0.851. The van der Waals surface area contributed by atoms with Gasteiger partial charge in [0.15, 0.2) is 0 Å². The number of carbonyl (C=O) groups is 2. The van der Waals surface area contributed by atoms with Crippen molar-refractivity contribution < 1.29 is 14.3 Å². The molecule has 1 N–H and O–H groups in total. The minimum Gasteiger partial charge on any atom is -0.469 e. The summed E-state index contributed by atoms with van der Waals surface area (Å²) in [6.07, 6.45) is 3.52. The van der Waals surface area contributed by atoms with E-state index in [1.165, 1.54) is 7.11 Å². The first-order valence-corrected chi connectivity index (χ1v) is 7.60. The molecule has 1 aliphatic carbocycles. The van der Waals surface area contributed by atoms with Gasteiger partial charge in [-0.2, -0.15) is 0 Å². The molecule has 0 aliphatic heterocycles. The van der Waals surface area contributed by atoms with Gasteiger partial charge in [-0.1, -0.05) is 36.2 Å². The van der Waals surface area contributed by atoms with Crippen molar-refractivity contribution in [3.8, 4) is 0 Å². The molecule has 2 atom stereocenters. The molecule has 0 unspecified atom stereocenters. The summed E-state index contributed by atoms with van der Waals surface area (Å²) in [5, 5.41) is 3.63. The summed E-state index contributed by atoms with van der Waals surface area (Å²) >= 11 is 6.07. The zero-order valence-electron chi connectivity index (χ0n) is 12.1. The molecule has 1 aliphatic rings. The van der Waals surface area contributed by atoms with Crippen LogP contribution in [0.5, 0.6) is 0 Å². The van der Waals surface area contributed by atoms with Gasteiger partial charge in [-0.3, -0.25) is 9.59 Å². The van der Waals surface area contributed by atoms with Crippen LogP contribution in [0.2, 0.25) is 5.02 Å². The second-order valence-electron chi connectivity index (χ2n) is 5.33. The predicted molar refractivity (Wildman–Crippen MR) is 81.1 cm³/mol. The number of amides is 1. The van der Waals surface area contributed by atoms with Crippen molar-refractivity contribution in [1.29, 1.82) is 0 Å². The fourth-order valence-corrected chi connectivity index (χ4v) is 3.02. The van der Waals surface area contributed by atoms with E-state index in [0.717, 1.165) is 24.8 Å². The number of hydrogen-bond donors (Lipinski definition) is 1. The first-order chi connectivity index (χ1) is 10.1. The van der Waals surface area contributed by atoms with E-state index in [2.05, 4.69) is 5.32 Å². The Morgan fingerprint density at radius 3 is 2.81 bits per heavy atom. The number of ether oxygens (including phenoxy) is 1. The summed E-state index contributed by atoms with van der Waals surface area (Å²) in [7, 11) is 1.39. The minimum atomic E-state index is -0.232. The van der Waals surface area contributed by atoms with Crippen molar-refractivity contribution in [3.05, 3.63) is 34.9 Å². The average molecular weight is 310 g/mol. The Kier molecular flexibility index (Phi) is 5.62. The summed E-state index contributed by atoms with van der Waals surface area (Å²) in [6, 6.07) is 7.41. The third kappa shape index (κ3) is 4.21. The summed E-state index contributed by atoms with van der Waals surface area (Å²) in [5.74, 6) is -0.487. The second-order valence-corrected chi connectivity index (χ2v) is 5.73. The molecule has 0 bridgehead atoms. The maximum absolute atomic E-state index is 12.0. The van der Waals surface area contributed by atoms with Gasteiger partial charge in [-0.25, -0.2) is 0 Å². The largest absolute Gasteiger partial charge is 0.469 e. The Morgan fingerprint density at radius 1 is 1.33 bits per heavy atom. The number of hydrogen-bond acceptors (Lipinski definition) is 3. The number of methoxy groups -OCH3 is 1. The first kappa shape index (κ1) is 15.8. The van der Waals surface area contributed by atoms with Crippen LogP contribution in [-0.4, -0.2) is 25.0 Å². The van der Waals surface area contributed by atoms with Gasteiger partial charge in [-0.15, -0.1) is 0 Å². The normalized spacial score (nSPS) is 21.0. The van der Waals surface area contributed by atoms with Gasteiger partial charge >= 0.3 is 5.97 Å². The van der Waals surface area contributed by atoms with Crippen LogP contribution in [0.1, 0.15) is 31.2 Å². The average Bonchev–Trinajstić information content (AvgIpc) is 2.93. The van der Waals surface area contributed by atoms with Gasteiger partial charge < -0.3 is 10.1 Å². The van der Waals surface area contributed by atoms with E-state index in [0.29, 0.717) is 17.9 Å². The van der Waals surface area contributed by atoms with Gasteiger partial charge in [0.2, 0.25) is 5.91 Å². The maximum atomic E-state index is 12.0. The van der Waals surface area contributed by atoms with Gasteiger partial charge in [0.25, 0.3) is 0 Å². The Balaban J connectivity index is 1.84. The smallest absolute Gasteiger partial charge is 0.310 e. The minimum absolute atomic E-state index is 0.0456. The van der Waals surface area contributed by atoms with Gasteiger partial charge in [0.1, 0.15) is 0 Å². The van der Waals surface area contributed by atoms with Crippen molar-refractivity contribution >= 4 is 23.5 Å². The molecule has 1 saturated carbocycles. The molecular weight excluding hydrogens is 290 g/mol. The zero-order chi connectivity index (χ0) is 15.2. The molecule has 0 saturated heterocycles. The van der Waals surface area contributed by atoms with Crippen LogP contribution in [0, 0.1) is 5.92 Å². The van der Waals surface area contributed by atoms with Crippen LogP contribution in [0.3, 0.4) is 0 Å². The summed E-state index contributed by atoms with van der Waals surface area (Å²) in [6.45, 7) is 0. The van der Waals surface area contributed by atoms with Crippen molar-refractivity contribution in [2.45, 2.75) is 38.1 Å². The number of rotatable bonds is 5. The van der Waals surface area contributed by atoms with Crippen molar-refractivity contribution in [2.24, 2.45) is 5.92 Å². The zero-order valence-corrected chi connectivity index (χ0v) is 12.9. The molecule has 5 heteroatoms. The highest BCUT2D eigenvalue weighted by atomic mass is 35.5. The fraction of sp³-hybridized carbons (Fsp3) is 0.500. The standard InChI is InChI=1S/C16H20ClNO3/c1-21-16(20)12-6-4-8-14(12)18-15(19)10-9-11-5-2-3-7-13(11)17/h2-3,5,7,12,14H,4,6,8-10H2,1H3,(H,18,19)/t12-,14+/m0/s1. The Labute approximate surface area is 129 Å². The Morgan fingerprint density at radius 2 is 2.10 bits per heavy atom. The van der Waals surface area contributed by atoms with Crippen LogP contribution in [0.15, 0.2) is 24.3 Å². The molecule has 1 fully saturated rings. The monoisotopic (exact) mass is 309 g/mol. The summed E-state index contributed by atoms with van der Waals surface area (Å²) in [5.41, 5.74) is 0.963. The lowest BCUT2D eigenvalue weighted by Crippen LogP contribution is -2.40. The second kappa shape index (κ2) is 7.46. The highest BCUT2D eigenvalue weighted by Gasteiger charge is 2.34. The van der Waals surface area contributed by atoms with Crippen LogP contribution in [0.25, 0.3) is 0 Å². The highest BCUT2D eigenvalue weighted by molar-refractivity contribution is 6.31. The molecule has 1 amide bonds. The number of aryl methyl sites for hydroxylation is 1. The van der Waals surface area contributed by atoms with Gasteiger partial charge in [0, 0.05) is 17.5 Å². The Bertz CT molecular complexity index is 518. The van der Waals surface area contributed by atoms with E-state index < -0.39 is 0 Å². The first-order valence-electron chi connectivity index (χ1n) is 7.22. The number of halogens is 1. The van der Waals surface area contributed by atoms with E-state index >= 15 is 0 Å². The Hall–Kier alpha value is -1.55. The lowest BCUT2D eigenvalue weighted by Gasteiger charge is -2.19. The SMILES string of the molecule is COC(=O)[C@H]1CCC[C@H]1NC(=O)CCc1ccccc1Cl. The molecule has 1 aromatic carbocycles.